The van der Waals surface area contributed by atoms with Crippen molar-refractivity contribution in [3.8, 4) is 0 Å². The van der Waals surface area contributed by atoms with Crippen molar-refractivity contribution in [2.24, 2.45) is 5.14 Å². The van der Waals surface area contributed by atoms with Gasteiger partial charge < -0.3 is 10.1 Å². The largest absolute Gasteiger partial charge is 0.381 e. The third-order valence-electron chi connectivity index (χ3n) is 3.80. The number of carbonyl (C=O) groups excluding carboxylic acids is 1. The van der Waals surface area contributed by atoms with Crippen LogP contribution in [0.3, 0.4) is 0 Å². The molecule has 1 aromatic carbocycles. The van der Waals surface area contributed by atoms with Gasteiger partial charge in [-0.15, -0.1) is 0 Å². The molecule has 0 bridgehead atoms. The van der Waals surface area contributed by atoms with Gasteiger partial charge >= 0.3 is 0 Å². The van der Waals surface area contributed by atoms with Crippen LogP contribution in [-0.2, 0) is 21.2 Å². The highest BCUT2D eigenvalue weighted by molar-refractivity contribution is 7.89. The van der Waals surface area contributed by atoms with Crippen LogP contribution in [0, 0.1) is 0 Å². The van der Waals surface area contributed by atoms with E-state index in [1.807, 2.05) is 6.92 Å². The Balaban J connectivity index is 2.19. The highest BCUT2D eigenvalue weighted by Gasteiger charge is 2.30. The maximum atomic E-state index is 12.3. The van der Waals surface area contributed by atoms with Gasteiger partial charge in [0.15, 0.2) is 0 Å². The van der Waals surface area contributed by atoms with Crippen molar-refractivity contribution in [2.45, 2.75) is 43.2 Å². The van der Waals surface area contributed by atoms with E-state index in [1.54, 1.807) is 13.2 Å². The van der Waals surface area contributed by atoms with Gasteiger partial charge in [0, 0.05) is 18.7 Å². The number of nitrogens with one attached hydrogen (secondary N) is 1. The van der Waals surface area contributed by atoms with Crippen molar-refractivity contribution in [3.63, 3.8) is 0 Å². The average molecular weight is 312 g/mol. The summed E-state index contributed by atoms with van der Waals surface area (Å²) in [4.78, 5) is 12.3. The van der Waals surface area contributed by atoms with Gasteiger partial charge in [-0.25, -0.2) is 13.6 Å². The number of nitrogens with two attached hydrogens (primary N) is 1. The Hall–Kier alpha value is -1.44. The third-order valence-corrected chi connectivity index (χ3v) is 4.71. The van der Waals surface area contributed by atoms with Crippen LogP contribution in [0.1, 0.15) is 35.7 Å². The molecule has 2 rings (SSSR count). The molecule has 0 saturated heterocycles. The van der Waals surface area contributed by atoms with Crippen molar-refractivity contribution in [1.82, 2.24) is 5.32 Å². The number of carbonyl (C=O) groups is 1. The third kappa shape index (κ3) is 3.61. The lowest BCUT2D eigenvalue weighted by Crippen LogP contribution is -2.47. The number of amides is 1. The van der Waals surface area contributed by atoms with Crippen LogP contribution in [0.25, 0.3) is 0 Å². The van der Waals surface area contributed by atoms with Crippen molar-refractivity contribution in [2.75, 3.05) is 7.11 Å². The number of rotatable bonds is 5. The van der Waals surface area contributed by atoms with Gasteiger partial charge in [0.25, 0.3) is 5.91 Å². The normalized spacial score (nSPS) is 21.7. The monoisotopic (exact) mass is 312 g/mol. The number of benzene rings is 1. The molecule has 0 aromatic heterocycles. The first-order valence-electron chi connectivity index (χ1n) is 6.84. The number of aryl methyl sites for hydroxylation is 1. The zero-order valence-electron chi connectivity index (χ0n) is 12.1. The zero-order valence-corrected chi connectivity index (χ0v) is 12.9. The first-order chi connectivity index (χ1) is 9.85. The average Bonchev–Trinajstić information content (AvgIpc) is 2.40. The molecule has 1 aromatic rings. The number of methoxy groups -OCH3 is 1. The second-order valence-corrected chi connectivity index (χ2v) is 6.78. The summed E-state index contributed by atoms with van der Waals surface area (Å²) >= 11 is 0. The van der Waals surface area contributed by atoms with Crippen LogP contribution in [0.15, 0.2) is 23.1 Å². The molecule has 1 saturated carbocycles. The number of sulfonamides is 1. The Morgan fingerprint density at radius 1 is 1.43 bits per heavy atom. The van der Waals surface area contributed by atoms with Crippen molar-refractivity contribution in [1.29, 1.82) is 0 Å². The lowest BCUT2D eigenvalue weighted by Gasteiger charge is -2.34. The summed E-state index contributed by atoms with van der Waals surface area (Å²) in [7, 11) is -2.17. The summed E-state index contributed by atoms with van der Waals surface area (Å²) in [5.41, 5.74) is 1.16. The Labute approximate surface area is 124 Å². The minimum Gasteiger partial charge on any atom is -0.381 e. The summed E-state index contributed by atoms with van der Waals surface area (Å²) in [6.07, 6.45) is 2.38. The molecule has 6 nitrogen and oxygen atoms in total. The Morgan fingerprint density at radius 2 is 2.10 bits per heavy atom. The van der Waals surface area contributed by atoms with E-state index in [4.69, 9.17) is 9.88 Å². The smallest absolute Gasteiger partial charge is 0.251 e. The predicted molar refractivity (Wildman–Crippen MR) is 78.5 cm³/mol. The summed E-state index contributed by atoms with van der Waals surface area (Å²) < 4.78 is 28.0. The SMILES string of the molecule is CCc1ccc(S(N)(=O)=O)cc1C(=O)NC1CC(OC)C1. The van der Waals surface area contributed by atoms with Gasteiger partial charge in [0.1, 0.15) is 0 Å². The molecule has 21 heavy (non-hydrogen) atoms. The molecule has 1 fully saturated rings. The van der Waals surface area contributed by atoms with Crippen molar-refractivity contribution < 1.29 is 17.9 Å². The van der Waals surface area contributed by atoms with E-state index < -0.39 is 10.0 Å². The van der Waals surface area contributed by atoms with E-state index in [9.17, 15) is 13.2 Å². The second kappa shape index (κ2) is 6.13. The molecule has 0 radical (unpaired) electrons. The highest BCUT2D eigenvalue weighted by atomic mass is 32.2. The topological polar surface area (TPSA) is 98.5 Å². The Kier molecular flexibility index (Phi) is 4.65. The fraction of sp³-hybridized carbons (Fsp3) is 0.500. The minimum absolute atomic E-state index is 0.0479. The fourth-order valence-electron chi connectivity index (χ4n) is 2.39. The molecule has 0 spiro atoms. The van der Waals surface area contributed by atoms with Gasteiger partial charge in [-0.3, -0.25) is 4.79 Å². The molecule has 3 N–H and O–H groups in total. The molecule has 1 amide bonds. The fourth-order valence-corrected chi connectivity index (χ4v) is 2.93. The maximum absolute atomic E-state index is 12.3. The lowest BCUT2D eigenvalue weighted by molar-refractivity contribution is 0.0176. The quantitative estimate of drug-likeness (QED) is 0.840. The summed E-state index contributed by atoms with van der Waals surface area (Å²) in [6, 6.07) is 4.48. The van der Waals surface area contributed by atoms with Crippen LogP contribution in [-0.4, -0.2) is 33.6 Å². The van der Waals surface area contributed by atoms with E-state index in [0.29, 0.717) is 12.0 Å². The molecule has 116 valence electrons. The summed E-state index contributed by atoms with van der Waals surface area (Å²) in [6.45, 7) is 1.91. The van der Waals surface area contributed by atoms with E-state index in [-0.39, 0.29) is 22.9 Å². The molecule has 0 unspecified atom stereocenters. The van der Waals surface area contributed by atoms with E-state index >= 15 is 0 Å². The first-order valence-corrected chi connectivity index (χ1v) is 8.39. The van der Waals surface area contributed by atoms with Crippen LogP contribution < -0.4 is 10.5 Å². The Bertz CT molecular complexity index is 636. The molecular formula is C14H20N2O4S. The predicted octanol–water partition coefficient (Wildman–Crippen LogP) is 0.804. The van der Waals surface area contributed by atoms with Crippen LogP contribution in [0.4, 0.5) is 0 Å². The van der Waals surface area contributed by atoms with E-state index in [2.05, 4.69) is 5.32 Å². The molecule has 1 aliphatic rings. The van der Waals surface area contributed by atoms with Crippen LogP contribution in [0.5, 0.6) is 0 Å². The van der Waals surface area contributed by atoms with E-state index in [0.717, 1.165) is 18.4 Å². The van der Waals surface area contributed by atoms with Gasteiger partial charge in [-0.2, -0.15) is 0 Å². The van der Waals surface area contributed by atoms with Crippen molar-refractivity contribution >= 4 is 15.9 Å². The standard InChI is InChI=1S/C14H20N2O4S/c1-3-9-4-5-12(21(15,18)19)8-13(9)14(17)16-10-6-11(7-10)20-2/h4-5,8,10-11H,3,6-7H2,1-2H3,(H,16,17)(H2,15,18,19). The molecule has 1 aliphatic carbocycles. The van der Waals surface area contributed by atoms with Crippen LogP contribution in [0.2, 0.25) is 0 Å². The number of primary sulfonamides is 1. The first kappa shape index (κ1) is 15.9. The number of hydrogen-bond donors (Lipinski definition) is 2. The molecule has 0 heterocycles. The molecular weight excluding hydrogens is 292 g/mol. The number of ether oxygens (including phenoxy) is 1. The van der Waals surface area contributed by atoms with Gasteiger partial charge in [0.2, 0.25) is 10.0 Å². The number of hydrogen-bond acceptors (Lipinski definition) is 4. The lowest BCUT2D eigenvalue weighted by atomic mass is 9.89. The van der Waals surface area contributed by atoms with Gasteiger partial charge in [0.05, 0.1) is 11.0 Å². The van der Waals surface area contributed by atoms with Gasteiger partial charge in [-0.05, 0) is 37.0 Å². The maximum Gasteiger partial charge on any atom is 0.251 e. The molecule has 7 heteroatoms. The van der Waals surface area contributed by atoms with Crippen molar-refractivity contribution in [3.05, 3.63) is 29.3 Å². The van der Waals surface area contributed by atoms with Gasteiger partial charge in [-0.1, -0.05) is 13.0 Å². The van der Waals surface area contributed by atoms with Crippen LogP contribution >= 0.6 is 0 Å². The minimum atomic E-state index is -3.82. The molecule has 0 atom stereocenters. The van der Waals surface area contributed by atoms with E-state index in [1.165, 1.54) is 12.1 Å². The summed E-state index contributed by atoms with van der Waals surface area (Å²) in [5, 5.41) is 8.01. The second-order valence-electron chi connectivity index (χ2n) is 5.22. The summed E-state index contributed by atoms with van der Waals surface area (Å²) in [5.74, 6) is -0.267. The molecule has 0 aliphatic heterocycles. The highest BCUT2D eigenvalue weighted by Crippen LogP contribution is 2.23. The Morgan fingerprint density at radius 3 is 2.62 bits per heavy atom. The zero-order chi connectivity index (χ0) is 15.6.